The zero-order valence-corrected chi connectivity index (χ0v) is 23.0. The van der Waals surface area contributed by atoms with Crippen molar-refractivity contribution in [3.05, 3.63) is 54.5 Å². The van der Waals surface area contributed by atoms with E-state index in [0.717, 1.165) is 16.6 Å². The molecule has 9 nitrogen and oxygen atoms in total. The summed E-state index contributed by atoms with van der Waals surface area (Å²) in [6.07, 6.45) is 1.39. The van der Waals surface area contributed by atoms with Gasteiger partial charge in [-0.05, 0) is 34.1 Å². The molecule has 0 saturated carbocycles. The molecule has 3 rings (SSSR count). The highest BCUT2D eigenvalue weighted by Gasteiger charge is 2.29. The van der Waals surface area contributed by atoms with E-state index < -0.39 is 29.3 Å². The van der Waals surface area contributed by atoms with Gasteiger partial charge in [-0.1, -0.05) is 32.4 Å². The molecule has 0 N–H and O–H groups in total. The summed E-state index contributed by atoms with van der Waals surface area (Å²) < 4.78 is 7.90. The average Bonchev–Trinajstić information content (AvgIpc) is 3.40. The Bertz CT molecular complexity index is 1350. The van der Waals surface area contributed by atoms with E-state index in [1.165, 1.54) is 22.2 Å². The summed E-state index contributed by atoms with van der Waals surface area (Å²) in [6, 6.07) is 6.93. The van der Waals surface area contributed by atoms with E-state index in [0.29, 0.717) is 21.2 Å². The summed E-state index contributed by atoms with van der Waals surface area (Å²) in [5.74, 6) is -1.69. The Hall–Kier alpha value is -2.76. The largest absolute Gasteiger partial charge is 0.463 e. The molecule has 0 bridgehead atoms. The summed E-state index contributed by atoms with van der Waals surface area (Å²) in [4.78, 5) is 52.9. The minimum atomic E-state index is -1.04. The molecule has 186 valence electrons. The second-order valence-corrected chi connectivity index (χ2v) is 11.5. The van der Waals surface area contributed by atoms with Crippen LogP contribution in [0.5, 0.6) is 0 Å². The van der Waals surface area contributed by atoms with Crippen molar-refractivity contribution < 1.29 is 19.1 Å². The van der Waals surface area contributed by atoms with Crippen LogP contribution >= 0.6 is 38.9 Å². The summed E-state index contributed by atoms with van der Waals surface area (Å²) in [5.41, 5.74) is -0.903. The highest BCUT2D eigenvalue weighted by atomic mass is 79.9. The summed E-state index contributed by atoms with van der Waals surface area (Å²) in [7, 11) is 2.91. The first-order valence-electron chi connectivity index (χ1n) is 10.4. The molecule has 12 heteroatoms. The number of hydrogen-bond acceptors (Lipinski definition) is 8. The Morgan fingerprint density at radius 1 is 1.23 bits per heavy atom. The molecule has 3 aromatic rings. The molecule has 0 aliphatic heterocycles. The van der Waals surface area contributed by atoms with E-state index in [1.807, 2.05) is 18.0 Å². The Morgan fingerprint density at radius 2 is 1.91 bits per heavy atom. The minimum Gasteiger partial charge on any atom is -0.463 e. The monoisotopic (exact) mass is 582 g/mol. The number of aromatic nitrogens is 3. The lowest BCUT2D eigenvalue weighted by Gasteiger charge is -2.22. The normalized spacial score (nSPS) is 11.4. The van der Waals surface area contributed by atoms with E-state index in [4.69, 9.17) is 11.6 Å². The molecule has 0 amide bonds. The van der Waals surface area contributed by atoms with Crippen LogP contribution in [0.3, 0.4) is 0 Å². The number of nitrogens with zero attached hydrogens (tertiary/aromatic N) is 4. The van der Waals surface area contributed by atoms with Gasteiger partial charge in [0.25, 0.3) is 17.2 Å². The van der Waals surface area contributed by atoms with Crippen LogP contribution in [0, 0.1) is 5.41 Å². The molecule has 0 aliphatic rings. The number of methoxy groups -OCH3 is 1. The number of thiophene rings is 1. The predicted octanol–water partition coefficient (Wildman–Crippen LogP) is 4.25. The number of pyridine rings is 1. The molecule has 0 aromatic carbocycles. The van der Waals surface area contributed by atoms with E-state index in [1.54, 1.807) is 39.0 Å². The van der Waals surface area contributed by atoms with Crippen LogP contribution in [0.25, 0.3) is 11.3 Å². The smallest absolute Gasteiger partial charge is 0.376 e. The predicted molar refractivity (Wildman–Crippen MR) is 138 cm³/mol. The molecular weight excluding hydrogens is 560 g/mol. The molecule has 0 unspecified atom stereocenters. The zero-order chi connectivity index (χ0) is 26.1. The van der Waals surface area contributed by atoms with Crippen molar-refractivity contribution in [2.45, 2.75) is 33.9 Å². The number of anilines is 1. The molecule has 0 fully saturated rings. The third-order valence-corrected chi connectivity index (χ3v) is 6.91. The zero-order valence-electron chi connectivity index (χ0n) is 19.8. The molecular formula is C23H24BrClN4O5S. The Kier molecular flexibility index (Phi) is 8.03. The van der Waals surface area contributed by atoms with Crippen molar-refractivity contribution in [1.82, 2.24) is 14.3 Å². The van der Waals surface area contributed by atoms with Gasteiger partial charge in [0.1, 0.15) is 11.5 Å². The SMILES string of the molecule is COC(=O)C(=O)Cn1ccc(Br)c(-c2cc(N(C)Cc3ccc(Cl)s3)n(C(=O)C(C)(C)C)n2)c1=O. The van der Waals surface area contributed by atoms with Gasteiger partial charge in [-0.2, -0.15) is 9.78 Å². The van der Waals surface area contributed by atoms with Gasteiger partial charge in [0.2, 0.25) is 0 Å². The number of rotatable bonds is 7. The van der Waals surface area contributed by atoms with Crippen LogP contribution in [0.2, 0.25) is 4.34 Å². The lowest BCUT2D eigenvalue weighted by Crippen LogP contribution is -2.31. The molecule has 0 saturated heterocycles. The number of ether oxygens (including phenoxy) is 1. The summed E-state index contributed by atoms with van der Waals surface area (Å²) in [6.45, 7) is 5.32. The first kappa shape index (κ1) is 26.8. The van der Waals surface area contributed by atoms with E-state index in [-0.39, 0.29) is 17.2 Å². The number of esters is 1. The van der Waals surface area contributed by atoms with Crippen molar-refractivity contribution >= 4 is 62.3 Å². The van der Waals surface area contributed by atoms with Crippen molar-refractivity contribution in [3.63, 3.8) is 0 Å². The Labute approximate surface area is 219 Å². The molecule has 3 aromatic heterocycles. The van der Waals surface area contributed by atoms with Crippen LogP contribution in [0.4, 0.5) is 5.82 Å². The Morgan fingerprint density at radius 3 is 2.49 bits per heavy atom. The maximum Gasteiger partial charge on any atom is 0.376 e. The number of Topliss-reactive ketones (excluding diaryl/α,β-unsaturated/α-hetero) is 1. The number of halogens is 2. The van der Waals surface area contributed by atoms with Gasteiger partial charge in [-0.3, -0.25) is 14.4 Å². The fourth-order valence-corrected chi connectivity index (χ4v) is 4.86. The van der Waals surface area contributed by atoms with Gasteiger partial charge in [-0.15, -0.1) is 11.3 Å². The van der Waals surface area contributed by atoms with Crippen LogP contribution in [-0.2, 0) is 27.4 Å². The summed E-state index contributed by atoms with van der Waals surface area (Å²) >= 11 is 10.9. The van der Waals surface area contributed by atoms with E-state index >= 15 is 0 Å². The van der Waals surface area contributed by atoms with Gasteiger partial charge < -0.3 is 14.2 Å². The van der Waals surface area contributed by atoms with Gasteiger partial charge >= 0.3 is 5.97 Å². The maximum absolute atomic E-state index is 13.3. The highest BCUT2D eigenvalue weighted by Crippen LogP contribution is 2.31. The Balaban J connectivity index is 2.11. The molecule has 3 heterocycles. The first-order chi connectivity index (χ1) is 16.3. The number of carbonyl (C=O) groups is 3. The van der Waals surface area contributed by atoms with Gasteiger partial charge in [0.15, 0.2) is 0 Å². The number of ketones is 1. The second kappa shape index (κ2) is 10.5. The average molecular weight is 584 g/mol. The number of hydrogen-bond donors (Lipinski definition) is 0. The van der Waals surface area contributed by atoms with Crippen LogP contribution in [0.1, 0.15) is 30.4 Å². The van der Waals surface area contributed by atoms with Crippen molar-refractivity contribution in [2.24, 2.45) is 5.41 Å². The highest BCUT2D eigenvalue weighted by molar-refractivity contribution is 9.10. The molecule has 0 spiro atoms. The van der Waals surface area contributed by atoms with E-state index in [9.17, 15) is 19.2 Å². The fourth-order valence-electron chi connectivity index (χ4n) is 3.23. The molecule has 0 aliphatic carbocycles. The lowest BCUT2D eigenvalue weighted by molar-refractivity contribution is -0.151. The topological polar surface area (TPSA) is 104 Å². The van der Waals surface area contributed by atoms with Gasteiger partial charge in [0, 0.05) is 34.1 Å². The van der Waals surface area contributed by atoms with Gasteiger partial charge in [-0.25, -0.2) is 4.79 Å². The third-order valence-electron chi connectivity index (χ3n) is 5.04. The number of carbonyl (C=O) groups excluding carboxylic acids is 3. The van der Waals surface area contributed by atoms with E-state index in [2.05, 4.69) is 25.8 Å². The van der Waals surface area contributed by atoms with Gasteiger partial charge in [0.05, 0.1) is 30.1 Å². The van der Waals surface area contributed by atoms with Crippen molar-refractivity contribution in [3.8, 4) is 11.3 Å². The fraction of sp³-hybridized carbons (Fsp3) is 0.348. The van der Waals surface area contributed by atoms with Crippen molar-refractivity contribution in [1.29, 1.82) is 0 Å². The maximum atomic E-state index is 13.3. The summed E-state index contributed by atoms with van der Waals surface area (Å²) in [5, 5.41) is 4.49. The molecule has 0 radical (unpaired) electrons. The lowest BCUT2D eigenvalue weighted by atomic mass is 9.96. The quantitative estimate of drug-likeness (QED) is 0.303. The standard InChI is InChI=1S/C23H24BrClN4O5S/c1-23(2,3)22(33)29-18(27(4)11-13-6-7-17(25)35-13)10-15(26-29)19-14(24)8-9-28(20(19)31)12-16(30)21(32)34-5/h6-10H,11-12H2,1-5H3. The molecule has 35 heavy (non-hydrogen) atoms. The van der Waals surface area contributed by atoms with Crippen molar-refractivity contribution in [2.75, 3.05) is 19.1 Å². The minimum absolute atomic E-state index is 0.152. The second-order valence-electron chi connectivity index (χ2n) is 8.80. The molecule has 0 atom stereocenters. The van der Waals surface area contributed by atoms with Crippen LogP contribution < -0.4 is 10.5 Å². The first-order valence-corrected chi connectivity index (χ1v) is 12.4. The van der Waals surface area contributed by atoms with Crippen LogP contribution in [0.15, 0.2) is 39.7 Å². The third kappa shape index (κ3) is 5.91. The van der Waals surface area contributed by atoms with Crippen LogP contribution in [-0.4, -0.2) is 46.2 Å².